The molecule has 0 spiro atoms. The summed E-state index contributed by atoms with van der Waals surface area (Å²) in [6, 6.07) is 0.706. The SMILES string of the molecule is CN(CCCO)C1CCN(CC2CCCO2)CC1. The molecule has 0 radical (unpaired) electrons. The van der Waals surface area contributed by atoms with Gasteiger partial charge in [-0.05, 0) is 52.2 Å². The summed E-state index contributed by atoms with van der Waals surface area (Å²) in [5, 5.41) is 8.87. The second-order valence-corrected chi connectivity index (χ2v) is 5.72. The first kappa shape index (κ1) is 14.3. The number of aliphatic hydroxyl groups is 1. The fraction of sp³-hybridized carbons (Fsp3) is 1.00. The van der Waals surface area contributed by atoms with Gasteiger partial charge >= 0.3 is 0 Å². The van der Waals surface area contributed by atoms with Crippen LogP contribution in [-0.4, -0.2) is 73.5 Å². The summed E-state index contributed by atoms with van der Waals surface area (Å²) >= 11 is 0. The van der Waals surface area contributed by atoms with Crippen LogP contribution in [0.3, 0.4) is 0 Å². The standard InChI is InChI=1S/C14H28N2O2/c1-15(7-3-10-17)13-5-8-16(9-6-13)12-14-4-2-11-18-14/h13-14,17H,2-12H2,1H3. The summed E-state index contributed by atoms with van der Waals surface area (Å²) in [7, 11) is 2.19. The number of rotatable bonds is 6. The maximum atomic E-state index is 8.87. The maximum absolute atomic E-state index is 8.87. The van der Waals surface area contributed by atoms with Crippen molar-refractivity contribution >= 4 is 0 Å². The molecular formula is C14H28N2O2. The van der Waals surface area contributed by atoms with Gasteiger partial charge in [0.2, 0.25) is 0 Å². The highest BCUT2D eigenvalue weighted by molar-refractivity contribution is 4.80. The van der Waals surface area contributed by atoms with E-state index < -0.39 is 0 Å². The van der Waals surface area contributed by atoms with E-state index in [1.165, 1.54) is 38.8 Å². The van der Waals surface area contributed by atoms with Gasteiger partial charge in [0.15, 0.2) is 0 Å². The van der Waals surface area contributed by atoms with Crippen LogP contribution in [-0.2, 0) is 4.74 Å². The van der Waals surface area contributed by atoms with Crippen molar-refractivity contribution in [1.82, 2.24) is 9.80 Å². The number of likely N-dealkylation sites (tertiary alicyclic amines) is 1. The first-order valence-corrected chi connectivity index (χ1v) is 7.44. The number of nitrogens with zero attached hydrogens (tertiary/aromatic N) is 2. The smallest absolute Gasteiger partial charge is 0.0702 e. The number of hydrogen-bond donors (Lipinski definition) is 1. The predicted octanol–water partition coefficient (Wildman–Crippen LogP) is 0.944. The average Bonchev–Trinajstić information content (AvgIpc) is 2.89. The van der Waals surface area contributed by atoms with Crippen LogP contribution >= 0.6 is 0 Å². The normalized spacial score (nSPS) is 27.2. The zero-order chi connectivity index (χ0) is 12.8. The summed E-state index contributed by atoms with van der Waals surface area (Å²) in [6.45, 7) is 5.83. The Kier molecular flexibility index (Phi) is 5.89. The molecule has 106 valence electrons. The van der Waals surface area contributed by atoms with Gasteiger partial charge in [0, 0.05) is 32.3 Å². The average molecular weight is 256 g/mol. The molecule has 4 heteroatoms. The molecule has 4 nitrogen and oxygen atoms in total. The number of ether oxygens (including phenoxy) is 1. The predicted molar refractivity (Wildman–Crippen MR) is 72.8 cm³/mol. The first-order valence-electron chi connectivity index (χ1n) is 7.44. The van der Waals surface area contributed by atoms with Crippen molar-refractivity contribution in [1.29, 1.82) is 0 Å². The Balaban J connectivity index is 1.64. The molecule has 2 aliphatic heterocycles. The zero-order valence-electron chi connectivity index (χ0n) is 11.7. The van der Waals surface area contributed by atoms with Crippen LogP contribution < -0.4 is 0 Å². The highest BCUT2D eigenvalue weighted by Gasteiger charge is 2.25. The van der Waals surface area contributed by atoms with E-state index in [9.17, 15) is 0 Å². The third-order valence-electron chi connectivity index (χ3n) is 4.34. The molecule has 2 aliphatic rings. The molecular weight excluding hydrogens is 228 g/mol. The van der Waals surface area contributed by atoms with Crippen LogP contribution in [0.5, 0.6) is 0 Å². The molecule has 2 fully saturated rings. The van der Waals surface area contributed by atoms with Crippen molar-refractivity contribution in [3.8, 4) is 0 Å². The minimum Gasteiger partial charge on any atom is -0.396 e. The van der Waals surface area contributed by atoms with E-state index >= 15 is 0 Å². The molecule has 0 amide bonds. The largest absolute Gasteiger partial charge is 0.396 e. The van der Waals surface area contributed by atoms with E-state index in [-0.39, 0.29) is 0 Å². The van der Waals surface area contributed by atoms with Crippen LogP contribution in [0.4, 0.5) is 0 Å². The molecule has 18 heavy (non-hydrogen) atoms. The Morgan fingerprint density at radius 1 is 1.28 bits per heavy atom. The van der Waals surface area contributed by atoms with E-state index in [1.54, 1.807) is 0 Å². The number of piperidine rings is 1. The minimum absolute atomic E-state index is 0.308. The fourth-order valence-electron chi connectivity index (χ4n) is 3.12. The quantitative estimate of drug-likeness (QED) is 0.767. The molecule has 0 aromatic rings. The lowest BCUT2D eigenvalue weighted by atomic mass is 10.0. The van der Waals surface area contributed by atoms with Crippen molar-refractivity contribution < 1.29 is 9.84 Å². The third-order valence-corrected chi connectivity index (χ3v) is 4.34. The molecule has 2 rings (SSSR count). The van der Waals surface area contributed by atoms with Gasteiger partial charge in [-0.3, -0.25) is 0 Å². The molecule has 2 saturated heterocycles. The Bertz CT molecular complexity index is 224. The van der Waals surface area contributed by atoms with E-state index in [1.807, 2.05) is 0 Å². The highest BCUT2D eigenvalue weighted by atomic mass is 16.5. The van der Waals surface area contributed by atoms with Gasteiger partial charge in [0.25, 0.3) is 0 Å². The van der Waals surface area contributed by atoms with E-state index in [4.69, 9.17) is 9.84 Å². The van der Waals surface area contributed by atoms with Crippen LogP contribution in [0.1, 0.15) is 32.1 Å². The van der Waals surface area contributed by atoms with Gasteiger partial charge in [0.1, 0.15) is 0 Å². The Hall–Kier alpha value is -0.160. The highest BCUT2D eigenvalue weighted by Crippen LogP contribution is 2.19. The molecule has 1 unspecified atom stereocenters. The molecule has 0 aromatic carbocycles. The second-order valence-electron chi connectivity index (χ2n) is 5.72. The van der Waals surface area contributed by atoms with Crippen molar-refractivity contribution in [3.63, 3.8) is 0 Å². The van der Waals surface area contributed by atoms with Crippen molar-refractivity contribution in [2.45, 2.75) is 44.2 Å². The lowest BCUT2D eigenvalue weighted by Gasteiger charge is -2.37. The van der Waals surface area contributed by atoms with Gasteiger partial charge in [-0.15, -0.1) is 0 Å². The topological polar surface area (TPSA) is 35.9 Å². The van der Waals surface area contributed by atoms with Gasteiger partial charge in [-0.25, -0.2) is 0 Å². The lowest BCUT2D eigenvalue weighted by Crippen LogP contribution is -2.45. The van der Waals surface area contributed by atoms with E-state index in [0.717, 1.165) is 26.1 Å². The molecule has 0 aromatic heterocycles. The van der Waals surface area contributed by atoms with Crippen molar-refractivity contribution in [3.05, 3.63) is 0 Å². The Morgan fingerprint density at radius 3 is 2.67 bits per heavy atom. The second kappa shape index (κ2) is 7.43. The van der Waals surface area contributed by atoms with Crippen LogP contribution in [0.15, 0.2) is 0 Å². The van der Waals surface area contributed by atoms with Crippen molar-refractivity contribution in [2.24, 2.45) is 0 Å². The van der Waals surface area contributed by atoms with Gasteiger partial charge in [-0.2, -0.15) is 0 Å². The van der Waals surface area contributed by atoms with Crippen LogP contribution in [0, 0.1) is 0 Å². The van der Waals surface area contributed by atoms with Crippen LogP contribution in [0.2, 0.25) is 0 Å². The molecule has 2 heterocycles. The maximum Gasteiger partial charge on any atom is 0.0702 e. The minimum atomic E-state index is 0.308. The summed E-state index contributed by atoms with van der Waals surface area (Å²) < 4.78 is 5.70. The molecule has 0 saturated carbocycles. The molecule has 0 aliphatic carbocycles. The van der Waals surface area contributed by atoms with Crippen LogP contribution in [0.25, 0.3) is 0 Å². The van der Waals surface area contributed by atoms with Gasteiger partial charge in [0.05, 0.1) is 6.10 Å². The van der Waals surface area contributed by atoms with E-state index in [2.05, 4.69) is 16.8 Å². The molecule has 0 bridgehead atoms. The summed E-state index contributed by atoms with van der Waals surface area (Å²) in [6.07, 6.45) is 6.39. The number of aliphatic hydroxyl groups excluding tert-OH is 1. The van der Waals surface area contributed by atoms with Crippen molar-refractivity contribution in [2.75, 3.05) is 46.4 Å². The third kappa shape index (κ3) is 4.19. The van der Waals surface area contributed by atoms with E-state index in [0.29, 0.717) is 18.8 Å². The number of hydrogen-bond acceptors (Lipinski definition) is 4. The summed E-state index contributed by atoms with van der Waals surface area (Å²) in [5.74, 6) is 0. The summed E-state index contributed by atoms with van der Waals surface area (Å²) in [4.78, 5) is 4.98. The van der Waals surface area contributed by atoms with Gasteiger partial charge < -0.3 is 19.6 Å². The Morgan fingerprint density at radius 2 is 2.06 bits per heavy atom. The summed E-state index contributed by atoms with van der Waals surface area (Å²) in [5.41, 5.74) is 0. The molecule has 1 N–H and O–H groups in total. The monoisotopic (exact) mass is 256 g/mol. The lowest BCUT2D eigenvalue weighted by molar-refractivity contribution is 0.0514. The van der Waals surface area contributed by atoms with Gasteiger partial charge in [-0.1, -0.05) is 0 Å². The first-order chi connectivity index (χ1) is 8.79. The Labute approximate surface area is 111 Å². The zero-order valence-corrected chi connectivity index (χ0v) is 11.7. The molecule has 1 atom stereocenters. The fourth-order valence-corrected chi connectivity index (χ4v) is 3.12.